The molecule has 0 amide bonds. The zero-order valence-electron chi connectivity index (χ0n) is 33.5. The van der Waals surface area contributed by atoms with Crippen LogP contribution in [0.15, 0.2) is 30.9 Å². The first-order chi connectivity index (χ1) is 23.1. The van der Waals surface area contributed by atoms with Crippen molar-refractivity contribution in [3.8, 4) is 5.75 Å². The normalized spacial score (nSPS) is 25.4. The number of hydrogen-bond acceptors (Lipinski definition) is 11. The van der Waals surface area contributed by atoms with Crippen LogP contribution in [0.3, 0.4) is 0 Å². The summed E-state index contributed by atoms with van der Waals surface area (Å²) in [5.41, 5.74) is 0.0257. The van der Waals surface area contributed by atoms with Crippen molar-refractivity contribution in [3.63, 3.8) is 0 Å². The fraction of sp³-hybridized carbons (Fsp3) is 0.750. The SMILES string of the molecule is C=CCOC(=O)[C@H]1O[C@@H](Oc2cccc(C3CCOO3)c2[N+](=O)[O-])[C@H](O[Si](C)(C)C(C)(C)C)[C@@H](O[Si](C)(C)C(C)(C)C)[C@H]1O[Si](C)(C)C(C)(C)C. The van der Waals surface area contributed by atoms with Crippen LogP contribution >= 0.6 is 0 Å². The zero-order valence-corrected chi connectivity index (χ0v) is 36.5. The van der Waals surface area contributed by atoms with Gasteiger partial charge < -0.3 is 27.5 Å². The lowest BCUT2D eigenvalue weighted by Crippen LogP contribution is -2.69. The molecular weight excluding hydrogens is 707 g/mol. The molecule has 2 aliphatic heterocycles. The fourth-order valence-electron chi connectivity index (χ4n) is 5.01. The average molecular weight is 770 g/mol. The number of rotatable bonds is 13. The van der Waals surface area contributed by atoms with Crippen molar-refractivity contribution in [2.75, 3.05) is 13.2 Å². The molecule has 1 unspecified atom stereocenters. The zero-order chi connectivity index (χ0) is 39.0. The molecule has 0 bridgehead atoms. The lowest BCUT2D eigenvalue weighted by molar-refractivity contribution is -0.389. The highest BCUT2D eigenvalue weighted by Gasteiger charge is 2.59. The highest BCUT2D eigenvalue weighted by Crippen LogP contribution is 2.47. The van der Waals surface area contributed by atoms with Crippen LogP contribution in [0, 0.1) is 10.1 Å². The third-order valence-electron chi connectivity index (χ3n) is 11.2. The van der Waals surface area contributed by atoms with E-state index in [4.69, 9.17) is 37.3 Å². The van der Waals surface area contributed by atoms with Gasteiger partial charge in [-0.1, -0.05) is 81.0 Å². The Bertz CT molecular complexity index is 1390. The van der Waals surface area contributed by atoms with Crippen LogP contribution in [0.5, 0.6) is 5.75 Å². The summed E-state index contributed by atoms with van der Waals surface area (Å²) in [6.07, 6.45) is -4.15. The van der Waals surface area contributed by atoms with Crippen LogP contribution in [-0.4, -0.2) is 79.8 Å². The number of esters is 1. The van der Waals surface area contributed by atoms with Crippen molar-refractivity contribution < 1.29 is 47.0 Å². The molecule has 2 saturated heterocycles. The molecule has 2 fully saturated rings. The Morgan fingerprint density at radius 1 is 0.882 bits per heavy atom. The second-order valence-corrected chi connectivity index (χ2v) is 32.4. The van der Waals surface area contributed by atoms with Gasteiger partial charge in [-0.3, -0.25) is 10.1 Å². The molecule has 1 aromatic carbocycles. The summed E-state index contributed by atoms with van der Waals surface area (Å²) in [5.74, 6) is -0.739. The van der Waals surface area contributed by atoms with Crippen molar-refractivity contribution in [1.29, 1.82) is 0 Å². The van der Waals surface area contributed by atoms with Crippen LogP contribution in [0.1, 0.15) is 80.4 Å². The Labute approximate surface area is 308 Å². The van der Waals surface area contributed by atoms with Crippen molar-refractivity contribution >= 4 is 36.6 Å². The van der Waals surface area contributed by atoms with Gasteiger partial charge in [0, 0.05) is 6.42 Å². The number of nitrogens with zero attached hydrogens (tertiary/aromatic N) is 1. The van der Waals surface area contributed by atoms with E-state index in [1.54, 1.807) is 12.1 Å². The molecule has 0 spiro atoms. The van der Waals surface area contributed by atoms with Crippen LogP contribution in [0.25, 0.3) is 0 Å². The van der Waals surface area contributed by atoms with Crippen LogP contribution in [-0.2, 0) is 37.3 Å². The second-order valence-electron chi connectivity index (χ2n) is 18.1. The Kier molecular flexibility index (Phi) is 13.5. The van der Waals surface area contributed by atoms with Gasteiger partial charge in [-0.25, -0.2) is 14.6 Å². The van der Waals surface area contributed by atoms with Crippen molar-refractivity contribution in [1.82, 2.24) is 0 Å². The minimum atomic E-state index is -2.65. The molecule has 51 heavy (non-hydrogen) atoms. The first-order valence-corrected chi connectivity index (χ1v) is 26.6. The largest absolute Gasteiger partial charge is 0.459 e. The molecule has 1 aromatic rings. The lowest BCUT2D eigenvalue weighted by atomic mass is 9.98. The third-order valence-corrected chi connectivity index (χ3v) is 24.7. The molecule has 2 aliphatic rings. The number of nitro benzene ring substituents is 1. The molecule has 3 rings (SSSR count). The Hall–Kier alpha value is -1.96. The number of carbonyl (C=O) groups excluding carboxylic acids is 1. The van der Waals surface area contributed by atoms with E-state index >= 15 is 0 Å². The van der Waals surface area contributed by atoms with Gasteiger partial charge in [0.15, 0.2) is 31.1 Å². The Morgan fingerprint density at radius 3 is 1.84 bits per heavy atom. The third kappa shape index (κ3) is 9.97. The van der Waals surface area contributed by atoms with E-state index in [9.17, 15) is 14.9 Å². The molecule has 0 saturated carbocycles. The fourth-order valence-corrected chi connectivity index (χ4v) is 8.89. The van der Waals surface area contributed by atoms with Crippen LogP contribution in [0.4, 0.5) is 5.69 Å². The summed E-state index contributed by atoms with van der Waals surface area (Å²) < 4.78 is 40.5. The van der Waals surface area contributed by atoms with Gasteiger partial charge in [0.05, 0.1) is 17.1 Å². The van der Waals surface area contributed by atoms with Gasteiger partial charge >= 0.3 is 11.7 Å². The highest BCUT2D eigenvalue weighted by atomic mass is 28.4. The minimum absolute atomic E-state index is 0.0499. The number of nitro groups is 1. The molecule has 0 radical (unpaired) electrons. The molecular formula is C36H63NO11Si3. The van der Waals surface area contributed by atoms with Gasteiger partial charge in [-0.15, -0.1) is 0 Å². The van der Waals surface area contributed by atoms with Crippen molar-refractivity contribution in [3.05, 3.63) is 46.5 Å². The van der Waals surface area contributed by atoms with Crippen molar-refractivity contribution in [2.24, 2.45) is 0 Å². The first kappa shape index (κ1) is 43.4. The van der Waals surface area contributed by atoms with E-state index in [2.05, 4.69) is 108 Å². The standard InChI is InChI=1S/C36H63NO11Si3/c1-17-22-41-32(38)30-28(46-49(11,12)34(2,3)4)29(47-50(13,14)35(5,6)7)31(48-51(15,16)36(8,9)10)33(44-30)43-26-20-18-19-24(27(26)37(39)40)25-21-23-42-45-25/h17-20,25,28-31,33H,1,21-23H2,2-16H3/t25?,28-,29+,30+,31-,33-/m1/s1. The smallest absolute Gasteiger partial charge is 0.338 e. The predicted molar refractivity (Wildman–Crippen MR) is 204 cm³/mol. The summed E-state index contributed by atoms with van der Waals surface area (Å²) in [6.45, 7) is 35.8. The molecule has 290 valence electrons. The van der Waals surface area contributed by atoms with E-state index in [0.29, 0.717) is 18.6 Å². The number of hydrogen-bond donors (Lipinski definition) is 0. The summed E-state index contributed by atoms with van der Waals surface area (Å²) in [7, 11) is -7.89. The molecule has 0 N–H and O–H groups in total. The van der Waals surface area contributed by atoms with Crippen LogP contribution in [0.2, 0.25) is 54.4 Å². The van der Waals surface area contributed by atoms with E-state index < -0.39 is 72.7 Å². The Morgan fingerprint density at radius 2 is 1.39 bits per heavy atom. The Balaban J connectivity index is 2.34. The number of carbonyl (C=O) groups is 1. The average Bonchev–Trinajstić information content (AvgIpc) is 3.51. The van der Waals surface area contributed by atoms with Gasteiger partial charge in [-0.05, 0) is 66.5 Å². The van der Waals surface area contributed by atoms with Gasteiger partial charge in [-0.2, -0.15) is 0 Å². The molecule has 15 heteroatoms. The van der Waals surface area contributed by atoms with Crippen LogP contribution < -0.4 is 4.74 Å². The number of para-hydroxylation sites is 1. The van der Waals surface area contributed by atoms with E-state index in [1.807, 2.05) is 0 Å². The molecule has 12 nitrogen and oxygen atoms in total. The van der Waals surface area contributed by atoms with E-state index in [1.165, 1.54) is 12.1 Å². The summed E-state index contributed by atoms with van der Waals surface area (Å²) >= 11 is 0. The molecule has 0 aliphatic carbocycles. The number of benzene rings is 1. The maximum atomic E-state index is 14.0. The maximum absolute atomic E-state index is 14.0. The van der Waals surface area contributed by atoms with Crippen molar-refractivity contribution in [2.45, 2.75) is 160 Å². The maximum Gasteiger partial charge on any atom is 0.338 e. The monoisotopic (exact) mass is 769 g/mol. The molecule has 0 aromatic heterocycles. The number of ether oxygens (including phenoxy) is 3. The highest BCUT2D eigenvalue weighted by molar-refractivity contribution is 6.75. The second kappa shape index (κ2) is 15.8. The predicted octanol–water partition coefficient (Wildman–Crippen LogP) is 8.99. The minimum Gasteiger partial charge on any atom is -0.459 e. The van der Waals surface area contributed by atoms with E-state index in [0.717, 1.165) is 0 Å². The first-order valence-electron chi connectivity index (χ1n) is 17.8. The molecule has 6 atom stereocenters. The molecule has 2 heterocycles. The van der Waals surface area contributed by atoms with Gasteiger partial charge in [0.2, 0.25) is 12.0 Å². The summed E-state index contributed by atoms with van der Waals surface area (Å²) in [5, 5.41) is 12.0. The van der Waals surface area contributed by atoms with Gasteiger partial charge in [0.1, 0.15) is 31.0 Å². The summed E-state index contributed by atoms with van der Waals surface area (Å²) in [6, 6.07) is 4.80. The lowest BCUT2D eigenvalue weighted by Gasteiger charge is -2.53. The van der Waals surface area contributed by atoms with Gasteiger partial charge in [0.25, 0.3) is 0 Å². The topological polar surface area (TPSA) is 134 Å². The van der Waals surface area contributed by atoms with E-state index in [-0.39, 0.29) is 33.2 Å². The summed E-state index contributed by atoms with van der Waals surface area (Å²) in [4.78, 5) is 36.7. The quantitative estimate of drug-likeness (QED) is 0.0475.